The number of amides is 1. The molecular formula is C22H30N2O4S. The number of sulfonamides is 1. The topological polar surface area (TPSA) is 95.5 Å². The lowest BCUT2D eigenvalue weighted by Gasteiger charge is -2.24. The van der Waals surface area contributed by atoms with Gasteiger partial charge in [0.1, 0.15) is 5.60 Å². The van der Waals surface area contributed by atoms with E-state index in [0.717, 1.165) is 11.1 Å². The third-order valence-corrected chi connectivity index (χ3v) is 6.67. The van der Waals surface area contributed by atoms with Crippen LogP contribution in [0, 0.1) is 0 Å². The van der Waals surface area contributed by atoms with E-state index in [1.54, 1.807) is 45.0 Å². The third-order valence-electron chi connectivity index (χ3n) is 4.82. The van der Waals surface area contributed by atoms with E-state index in [4.69, 9.17) is 0 Å². The number of hydrogen-bond acceptors (Lipinski definition) is 4. The van der Waals surface area contributed by atoms with Crippen molar-refractivity contribution in [2.45, 2.75) is 50.9 Å². The van der Waals surface area contributed by atoms with Crippen molar-refractivity contribution in [1.82, 2.24) is 4.72 Å². The summed E-state index contributed by atoms with van der Waals surface area (Å²) in [5, 5.41) is 13.2. The first-order valence-corrected chi connectivity index (χ1v) is 11.3. The molecule has 0 aliphatic heterocycles. The van der Waals surface area contributed by atoms with Gasteiger partial charge in [-0.1, -0.05) is 42.5 Å². The molecule has 0 aromatic heterocycles. The van der Waals surface area contributed by atoms with Gasteiger partial charge in [0, 0.05) is 18.7 Å². The van der Waals surface area contributed by atoms with Gasteiger partial charge < -0.3 is 10.4 Å². The van der Waals surface area contributed by atoms with E-state index in [1.165, 1.54) is 0 Å². The largest absolute Gasteiger partial charge is 0.381 e. The highest BCUT2D eigenvalue weighted by atomic mass is 32.2. The number of anilines is 1. The SMILES string of the molecule is CC(C)S(=O)(=O)NCCCCC(=O)Nc1ccc(C(C)(O)c2ccccc2)cc1. The molecule has 29 heavy (non-hydrogen) atoms. The average molecular weight is 419 g/mol. The molecule has 1 amide bonds. The molecule has 0 aliphatic carbocycles. The maximum atomic E-state index is 12.1. The molecule has 2 aromatic rings. The van der Waals surface area contributed by atoms with Crippen LogP contribution in [-0.2, 0) is 20.4 Å². The number of aliphatic hydroxyl groups is 1. The lowest BCUT2D eigenvalue weighted by atomic mass is 9.88. The second-order valence-corrected chi connectivity index (χ2v) is 9.83. The molecule has 0 radical (unpaired) electrons. The molecule has 0 heterocycles. The summed E-state index contributed by atoms with van der Waals surface area (Å²) in [7, 11) is -3.25. The van der Waals surface area contributed by atoms with Crippen LogP contribution in [-0.4, -0.2) is 31.2 Å². The zero-order valence-corrected chi connectivity index (χ0v) is 18.0. The predicted octanol–water partition coefficient (Wildman–Crippen LogP) is 3.38. The van der Waals surface area contributed by atoms with E-state index in [1.807, 2.05) is 30.3 Å². The van der Waals surface area contributed by atoms with Gasteiger partial charge in [0.2, 0.25) is 15.9 Å². The molecule has 2 aromatic carbocycles. The Kier molecular flexibility index (Phi) is 7.96. The van der Waals surface area contributed by atoms with Crippen molar-refractivity contribution in [3.05, 3.63) is 65.7 Å². The van der Waals surface area contributed by atoms with Crippen LogP contribution in [0.2, 0.25) is 0 Å². The summed E-state index contributed by atoms with van der Waals surface area (Å²) in [6.07, 6.45) is 1.50. The quantitative estimate of drug-likeness (QED) is 0.516. The standard InChI is InChI=1S/C22H30N2O4S/c1-17(2)29(27,28)23-16-8-7-11-21(25)24-20-14-12-19(13-15-20)22(3,26)18-9-5-4-6-10-18/h4-6,9-10,12-15,17,23,26H,7-8,11,16H2,1-3H3,(H,24,25). The Morgan fingerprint density at radius 3 is 2.17 bits per heavy atom. The first-order valence-electron chi connectivity index (χ1n) is 9.79. The zero-order chi connectivity index (χ0) is 21.5. The molecule has 7 heteroatoms. The van der Waals surface area contributed by atoms with Crippen LogP contribution in [0.5, 0.6) is 0 Å². The van der Waals surface area contributed by atoms with Gasteiger partial charge >= 0.3 is 0 Å². The Balaban J connectivity index is 1.81. The van der Waals surface area contributed by atoms with Gasteiger partial charge in [0.05, 0.1) is 5.25 Å². The van der Waals surface area contributed by atoms with Gasteiger partial charge in [0.15, 0.2) is 0 Å². The fourth-order valence-corrected chi connectivity index (χ4v) is 3.58. The van der Waals surface area contributed by atoms with Crippen molar-refractivity contribution >= 4 is 21.6 Å². The van der Waals surface area contributed by atoms with Crippen LogP contribution in [0.15, 0.2) is 54.6 Å². The molecule has 158 valence electrons. The Morgan fingerprint density at radius 2 is 1.59 bits per heavy atom. The van der Waals surface area contributed by atoms with Gasteiger partial charge in [-0.3, -0.25) is 4.79 Å². The summed E-state index contributed by atoms with van der Waals surface area (Å²) in [5.74, 6) is -0.126. The molecule has 6 nitrogen and oxygen atoms in total. The average Bonchev–Trinajstić information content (AvgIpc) is 2.68. The van der Waals surface area contributed by atoms with Gasteiger partial charge in [-0.05, 0) is 56.9 Å². The van der Waals surface area contributed by atoms with E-state index in [0.29, 0.717) is 31.5 Å². The molecule has 0 saturated heterocycles. The summed E-state index contributed by atoms with van der Waals surface area (Å²) in [6.45, 7) is 5.32. The molecule has 0 saturated carbocycles. The summed E-state index contributed by atoms with van der Waals surface area (Å²) < 4.78 is 25.8. The van der Waals surface area contributed by atoms with E-state index in [2.05, 4.69) is 10.0 Å². The van der Waals surface area contributed by atoms with E-state index in [9.17, 15) is 18.3 Å². The zero-order valence-electron chi connectivity index (χ0n) is 17.2. The highest BCUT2D eigenvalue weighted by molar-refractivity contribution is 7.90. The van der Waals surface area contributed by atoms with Gasteiger partial charge in [0.25, 0.3) is 0 Å². The van der Waals surface area contributed by atoms with Crippen LogP contribution in [0.4, 0.5) is 5.69 Å². The normalized spacial score (nSPS) is 13.8. The number of benzene rings is 2. The molecule has 1 unspecified atom stereocenters. The fraction of sp³-hybridized carbons (Fsp3) is 0.409. The minimum atomic E-state index is -3.25. The summed E-state index contributed by atoms with van der Waals surface area (Å²) in [6, 6.07) is 16.5. The minimum Gasteiger partial charge on any atom is -0.381 e. The van der Waals surface area contributed by atoms with Crippen molar-refractivity contribution in [2.24, 2.45) is 0 Å². The Morgan fingerprint density at radius 1 is 1.00 bits per heavy atom. The predicted molar refractivity (Wildman–Crippen MR) is 116 cm³/mol. The fourth-order valence-electron chi connectivity index (χ4n) is 2.82. The highest BCUT2D eigenvalue weighted by Crippen LogP contribution is 2.29. The molecule has 1 atom stereocenters. The smallest absolute Gasteiger partial charge is 0.224 e. The molecular weight excluding hydrogens is 388 g/mol. The van der Waals surface area contributed by atoms with Gasteiger partial charge in [-0.25, -0.2) is 13.1 Å². The summed E-state index contributed by atoms with van der Waals surface area (Å²) in [4.78, 5) is 12.1. The highest BCUT2D eigenvalue weighted by Gasteiger charge is 2.25. The van der Waals surface area contributed by atoms with E-state index in [-0.39, 0.29) is 5.91 Å². The number of hydrogen-bond donors (Lipinski definition) is 3. The van der Waals surface area contributed by atoms with Crippen LogP contribution >= 0.6 is 0 Å². The van der Waals surface area contributed by atoms with Crippen LogP contribution in [0.25, 0.3) is 0 Å². The van der Waals surface area contributed by atoms with Crippen molar-refractivity contribution in [1.29, 1.82) is 0 Å². The molecule has 0 bridgehead atoms. The second kappa shape index (κ2) is 10.0. The Bertz CT molecular complexity index is 892. The van der Waals surface area contributed by atoms with Gasteiger partial charge in [-0.15, -0.1) is 0 Å². The summed E-state index contributed by atoms with van der Waals surface area (Å²) in [5.41, 5.74) is 1.07. The van der Waals surface area contributed by atoms with Crippen LogP contribution in [0.1, 0.15) is 51.2 Å². The lowest BCUT2D eigenvalue weighted by molar-refractivity contribution is -0.116. The van der Waals surface area contributed by atoms with Crippen LogP contribution < -0.4 is 10.0 Å². The van der Waals surface area contributed by atoms with Crippen molar-refractivity contribution < 1.29 is 18.3 Å². The first kappa shape index (κ1) is 23.1. The molecule has 3 N–H and O–H groups in total. The summed E-state index contributed by atoms with van der Waals surface area (Å²) >= 11 is 0. The Hall–Kier alpha value is -2.22. The van der Waals surface area contributed by atoms with Gasteiger partial charge in [-0.2, -0.15) is 0 Å². The monoisotopic (exact) mass is 418 g/mol. The van der Waals surface area contributed by atoms with Crippen molar-refractivity contribution in [2.75, 3.05) is 11.9 Å². The van der Waals surface area contributed by atoms with Crippen molar-refractivity contribution in [3.63, 3.8) is 0 Å². The number of unbranched alkanes of at least 4 members (excludes halogenated alkanes) is 1. The lowest BCUT2D eigenvalue weighted by Crippen LogP contribution is -2.31. The van der Waals surface area contributed by atoms with Crippen molar-refractivity contribution in [3.8, 4) is 0 Å². The van der Waals surface area contributed by atoms with Crippen LogP contribution in [0.3, 0.4) is 0 Å². The molecule has 0 fully saturated rings. The molecule has 2 rings (SSSR count). The minimum absolute atomic E-state index is 0.126. The second-order valence-electron chi connectivity index (χ2n) is 7.51. The van der Waals surface area contributed by atoms with E-state index < -0.39 is 20.9 Å². The van der Waals surface area contributed by atoms with E-state index >= 15 is 0 Å². The Labute approximate surface area is 173 Å². The number of nitrogens with one attached hydrogen (secondary N) is 2. The number of rotatable bonds is 10. The number of carbonyl (C=O) groups excluding carboxylic acids is 1. The maximum Gasteiger partial charge on any atom is 0.224 e. The molecule has 0 aliphatic rings. The number of carbonyl (C=O) groups is 1. The molecule has 0 spiro atoms. The maximum absolute atomic E-state index is 12.1. The first-order chi connectivity index (χ1) is 13.6. The third kappa shape index (κ3) is 6.66.